The molecule has 0 spiro atoms. The van der Waals surface area contributed by atoms with Gasteiger partial charge >= 0.3 is 0 Å². The lowest BCUT2D eigenvalue weighted by molar-refractivity contribution is -0.132. The van der Waals surface area contributed by atoms with Gasteiger partial charge in [-0.25, -0.2) is 4.98 Å². The molecule has 124 valence electrons. The molecule has 0 saturated carbocycles. The Kier molecular flexibility index (Phi) is 5.06. The Labute approximate surface area is 143 Å². The van der Waals surface area contributed by atoms with E-state index in [1.54, 1.807) is 11.6 Å². The SMILES string of the molecule is CC[C@H]1CCCCN1C(=O)CSc1nc2ccsc2c(=O)n1C. The standard InChI is InChI=1S/C16H21N3O2S2/c1-3-11-6-4-5-8-19(11)13(20)10-23-16-17-12-7-9-22-14(12)15(21)18(16)2/h7,9,11H,3-6,8,10H2,1-2H3/t11-/m0/s1. The van der Waals surface area contributed by atoms with Gasteiger partial charge in [-0.3, -0.25) is 14.2 Å². The molecule has 0 aromatic carbocycles. The highest BCUT2D eigenvalue weighted by Gasteiger charge is 2.25. The van der Waals surface area contributed by atoms with E-state index in [2.05, 4.69) is 11.9 Å². The summed E-state index contributed by atoms with van der Waals surface area (Å²) in [4.78, 5) is 31.4. The Morgan fingerprint density at radius 3 is 3.09 bits per heavy atom. The molecule has 1 atom stereocenters. The zero-order chi connectivity index (χ0) is 16.4. The average molecular weight is 351 g/mol. The first kappa shape index (κ1) is 16.5. The summed E-state index contributed by atoms with van der Waals surface area (Å²) in [6, 6.07) is 2.22. The fraction of sp³-hybridized carbons (Fsp3) is 0.562. The van der Waals surface area contributed by atoms with Crippen molar-refractivity contribution in [3.63, 3.8) is 0 Å². The second-order valence-electron chi connectivity index (χ2n) is 5.83. The summed E-state index contributed by atoms with van der Waals surface area (Å²) in [5.74, 6) is 0.494. The first-order chi connectivity index (χ1) is 11.1. The van der Waals surface area contributed by atoms with Gasteiger partial charge in [-0.1, -0.05) is 18.7 Å². The van der Waals surface area contributed by atoms with Gasteiger partial charge in [-0.05, 0) is 37.1 Å². The summed E-state index contributed by atoms with van der Waals surface area (Å²) in [5, 5.41) is 2.48. The second-order valence-corrected chi connectivity index (χ2v) is 7.69. The molecule has 1 saturated heterocycles. The molecule has 5 nitrogen and oxygen atoms in total. The van der Waals surface area contributed by atoms with Crippen molar-refractivity contribution in [3.05, 3.63) is 21.8 Å². The number of thioether (sulfide) groups is 1. The lowest BCUT2D eigenvalue weighted by Gasteiger charge is -2.35. The minimum Gasteiger partial charge on any atom is -0.339 e. The topological polar surface area (TPSA) is 55.2 Å². The fourth-order valence-corrected chi connectivity index (χ4v) is 4.72. The van der Waals surface area contributed by atoms with E-state index < -0.39 is 0 Å². The molecule has 1 amide bonds. The molecule has 3 rings (SSSR count). The predicted molar refractivity (Wildman–Crippen MR) is 95.2 cm³/mol. The number of thiophene rings is 1. The van der Waals surface area contributed by atoms with Gasteiger partial charge in [-0.15, -0.1) is 11.3 Å². The highest BCUT2D eigenvalue weighted by molar-refractivity contribution is 7.99. The summed E-state index contributed by atoms with van der Waals surface area (Å²) in [5.41, 5.74) is 0.682. The van der Waals surface area contributed by atoms with Crippen LogP contribution in [0.15, 0.2) is 21.4 Å². The number of rotatable bonds is 4. The summed E-state index contributed by atoms with van der Waals surface area (Å²) < 4.78 is 2.22. The minimum absolute atomic E-state index is 0.0376. The van der Waals surface area contributed by atoms with Crippen molar-refractivity contribution >= 4 is 39.2 Å². The van der Waals surface area contributed by atoms with Crippen LogP contribution < -0.4 is 5.56 Å². The zero-order valence-corrected chi connectivity index (χ0v) is 15.1. The van der Waals surface area contributed by atoms with E-state index in [9.17, 15) is 9.59 Å². The quantitative estimate of drug-likeness (QED) is 0.628. The average Bonchev–Trinajstić information content (AvgIpc) is 3.05. The number of amides is 1. The summed E-state index contributed by atoms with van der Waals surface area (Å²) in [6.45, 7) is 2.99. The molecule has 2 aromatic heterocycles. The Balaban J connectivity index is 1.74. The molecule has 0 N–H and O–H groups in total. The van der Waals surface area contributed by atoms with Gasteiger partial charge in [0.05, 0.1) is 11.3 Å². The van der Waals surface area contributed by atoms with E-state index in [0.29, 0.717) is 21.7 Å². The maximum Gasteiger partial charge on any atom is 0.271 e. The fourth-order valence-electron chi connectivity index (χ4n) is 3.06. The van der Waals surface area contributed by atoms with Gasteiger partial charge in [0, 0.05) is 19.6 Å². The monoisotopic (exact) mass is 351 g/mol. The Bertz CT molecular complexity index is 768. The van der Waals surface area contributed by atoms with E-state index >= 15 is 0 Å². The number of piperidine rings is 1. The zero-order valence-electron chi connectivity index (χ0n) is 13.4. The van der Waals surface area contributed by atoms with Gasteiger partial charge in [0.15, 0.2) is 5.16 Å². The van der Waals surface area contributed by atoms with E-state index in [4.69, 9.17) is 0 Å². The number of aromatic nitrogens is 2. The Hall–Kier alpha value is -1.34. The van der Waals surface area contributed by atoms with Crippen molar-refractivity contribution in [2.45, 2.75) is 43.8 Å². The first-order valence-corrected chi connectivity index (χ1v) is 9.84. The molecule has 0 radical (unpaired) electrons. The van der Waals surface area contributed by atoms with Crippen LogP contribution in [-0.4, -0.2) is 38.7 Å². The van der Waals surface area contributed by atoms with E-state index in [0.717, 1.165) is 31.3 Å². The molecule has 0 aliphatic carbocycles. The molecule has 2 aromatic rings. The van der Waals surface area contributed by atoms with Crippen LogP contribution >= 0.6 is 23.1 Å². The molecular weight excluding hydrogens is 330 g/mol. The Morgan fingerprint density at radius 2 is 2.30 bits per heavy atom. The molecule has 7 heteroatoms. The third-order valence-electron chi connectivity index (χ3n) is 4.39. The Morgan fingerprint density at radius 1 is 1.48 bits per heavy atom. The van der Waals surface area contributed by atoms with Crippen LogP contribution in [0.2, 0.25) is 0 Å². The van der Waals surface area contributed by atoms with Gasteiger partial charge in [0.2, 0.25) is 5.91 Å². The van der Waals surface area contributed by atoms with Crippen LogP contribution in [0.5, 0.6) is 0 Å². The van der Waals surface area contributed by atoms with Crippen LogP contribution in [0.25, 0.3) is 10.2 Å². The molecule has 1 fully saturated rings. The molecule has 1 aliphatic rings. The number of carbonyl (C=O) groups is 1. The van der Waals surface area contributed by atoms with E-state index in [-0.39, 0.29) is 11.5 Å². The number of fused-ring (bicyclic) bond motifs is 1. The van der Waals surface area contributed by atoms with Crippen molar-refractivity contribution in [2.24, 2.45) is 7.05 Å². The van der Waals surface area contributed by atoms with Crippen molar-refractivity contribution in [2.75, 3.05) is 12.3 Å². The van der Waals surface area contributed by atoms with Crippen molar-refractivity contribution < 1.29 is 4.79 Å². The van der Waals surface area contributed by atoms with Crippen LogP contribution in [-0.2, 0) is 11.8 Å². The van der Waals surface area contributed by atoms with Crippen LogP contribution in [0.1, 0.15) is 32.6 Å². The van der Waals surface area contributed by atoms with Crippen LogP contribution in [0.3, 0.4) is 0 Å². The highest BCUT2D eigenvalue weighted by atomic mass is 32.2. The van der Waals surface area contributed by atoms with E-state index in [1.807, 2.05) is 16.3 Å². The highest BCUT2D eigenvalue weighted by Crippen LogP contribution is 2.23. The number of likely N-dealkylation sites (tertiary alicyclic amines) is 1. The number of hydrogen-bond acceptors (Lipinski definition) is 5. The second kappa shape index (κ2) is 7.05. The van der Waals surface area contributed by atoms with Crippen molar-refractivity contribution in [1.82, 2.24) is 14.5 Å². The number of carbonyl (C=O) groups excluding carboxylic acids is 1. The summed E-state index contributed by atoms with van der Waals surface area (Å²) in [6.07, 6.45) is 4.41. The van der Waals surface area contributed by atoms with Crippen molar-refractivity contribution in [3.8, 4) is 0 Å². The maximum atomic E-state index is 12.5. The van der Waals surface area contributed by atoms with Gasteiger partial charge in [0.1, 0.15) is 4.70 Å². The predicted octanol–water partition coefficient (Wildman–Crippen LogP) is 2.88. The summed E-state index contributed by atoms with van der Waals surface area (Å²) >= 11 is 2.77. The molecule has 0 bridgehead atoms. The van der Waals surface area contributed by atoms with Crippen LogP contribution in [0, 0.1) is 0 Å². The molecule has 0 unspecified atom stereocenters. The minimum atomic E-state index is -0.0376. The normalized spacial score (nSPS) is 18.5. The molecule has 23 heavy (non-hydrogen) atoms. The first-order valence-electron chi connectivity index (χ1n) is 7.98. The maximum absolute atomic E-state index is 12.5. The molecular formula is C16H21N3O2S2. The van der Waals surface area contributed by atoms with Gasteiger partial charge in [0.25, 0.3) is 5.56 Å². The third-order valence-corrected chi connectivity index (χ3v) is 6.30. The molecule has 3 heterocycles. The largest absolute Gasteiger partial charge is 0.339 e. The number of hydrogen-bond donors (Lipinski definition) is 0. The number of nitrogens with zero attached hydrogens (tertiary/aromatic N) is 3. The van der Waals surface area contributed by atoms with Crippen LogP contribution in [0.4, 0.5) is 0 Å². The lowest BCUT2D eigenvalue weighted by Crippen LogP contribution is -2.44. The van der Waals surface area contributed by atoms with E-state index in [1.165, 1.54) is 29.5 Å². The molecule has 1 aliphatic heterocycles. The third kappa shape index (κ3) is 3.30. The lowest BCUT2D eigenvalue weighted by atomic mass is 10.0. The smallest absolute Gasteiger partial charge is 0.271 e. The van der Waals surface area contributed by atoms with Crippen molar-refractivity contribution in [1.29, 1.82) is 0 Å². The van der Waals surface area contributed by atoms with Gasteiger partial charge in [-0.2, -0.15) is 0 Å². The van der Waals surface area contributed by atoms with Gasteiger partial charge < -0.3 is 4.90 Å². The summed E-state index contributed by atoms with van der Waals surface area (Å²) in [7, 11) is 1.72.